The van der Waals surface area contributed by atoms with E-state index in [0.29, 0.717) is 6.04 Å². The molecule has 2 nitrogen and oxygen atoms in total. The summed E-state index contributed by atoms with van der Waals surface area (Å²) in [5, 5.41) is 4.35. The number of rotatable bonds is 7. The van der Waals surface area contributed by atoms with Gasteiger partial charge in [0.2, 0.25) is 0 Å². The Morgan fingerprint density at radius 3 is 2.61 bits per heavy atom. The van der Waals surface area contributed by atoms with Crippen LogP contribution in [0.25, 0.3) is 0 Å². The average Bonchev–Trinajstić information content (AvgIpc) is 2.29. The zero-order valence-electron chi connectivity index (χ0n) is 12.0. The minimum atomic E-state index is 0.480. The lowest BCUT2D eigenvalue weighted by molar-refractivity contribution is 0.615. The van der Waals surface area contributed by atoms with E-state index in [1.54, 1.807) is 0 Å². The van der Waals surface area contributed by atoms with Gasteiger partial charge in [0.15, 0.2) is 0 Å². The topological polar surface area (TPSA) is 15.3 Å². The zero-order valence-corrected chi connectivity index (χ0v) is 12.7. The van der Waals surface area contributed by atoms with E-state index >= 15 is 0 Å². The van der Waals surface area contributed by atoms with Gasteiger partial charge in [0, 0.05) is 25.2 Å². The third-order valence-electron chi connectivity index (χ3n) is 3.08. The first-order valence-electron chi connectivity index (χ1n) is 6.78. The lowest BCUT2D eigenvalue weighted by atomic mass is 10.1. The van der Waals surface area contributed by atoms with Gasteiger partial charge in [-0.05, 0) is 31.5 Å². The molecule has 1 rings (SSSR count). The van der Waals surface area contributed by atoms with Gasteiger partial charge in [-0.1, -0.05) is 37.8 Å². The fraction of sp³-hybridized carbons (Fsp3) is 0.600. The SMILES string of the molecule is CCCCCC(C)Nc1cc(Cl)ccc1N(C)C. The molecule has 0 fully saturated rings. The van der Waals surface area contributed by atoms with Gasteiger partial charge in [0.1, 0.15) is 0 Å². The van der Waals surface area contributed by atoms with E-state index in [4.69, 9.17) is 11.6 Å². The Balaban J connectivity index is 2.67. The second kappa shape index (κ2) is 7.52. The van der Waals surface area contributed by atoms with Crippen LogP contribution in [-0.4, -0.2) is 20.1 Å². The number of hydrogen-bond acceptors (Lipinski definition) is 2. The summed E-state index contributed by atoms with van der Waals surface area (Å²) < 4.78 is 0. The number of unbranched alkanes of at least 4 members (excludes halogenated alkanes) is 2. The van der Waals surface area contributed by atoms with Crippen LogP contribution in [0, 0.1) is 0 Å². The molecule has 0 aliphatic rings. The van der Waals surface area contributed by atoms with Gasteiger partial charge >= 0.3 is 0 Å². The molecule has 0 saturated heterocycles. The van der Waals surface area contributed by atoms with E-state index < -0.39 is 0 Å². The highest BCUT2D eigenvalue weighted by atomic mass is 35.5. The minimum Gasteiger partial charge on any atom is -0.381 e. The van der Waals surface area contributed by atoms with Crippen molar-refractivity contribution in [2.75, 3.05) is 24.3 Å². The summed E-state index contributed by atoms with van der Waals surface area (Å²) in [4.78, 5) is 2.11. The summed E-state index contributed by atoms with van der Waals surface area (Å²) in [6.07, 6.45) is 5.06. The molecule has 0 aliphatic heterocycles. The van der Waals surface area contributed by atoms with E-state index in [-0.39, 0.29) is 0 Å². The van der Waals surface area contributed by atoms with E-state index in [0.717, 1.165) is 10.7 Å². The molecule has 3 heteroatoms. The zero-order chi connectivity index (χ0) is 13.5. The smallest absolute Gasteiger partial charge is 0.0597 e. The number of anilines is 2. The second-order valence-corrected chi connectivity index (χ2v) is 5.53. The van der Waals surface area contributed by atoms with Crippen molar-refractivity contribution in [2.24, 2.45) is 0 Å². The monoisotopic (exact) mass is 268 g/mol. The Morgan fingerprint density at radius 1 is 1.28 bits per heavy atom. The highest BCUT2D eigenvalue weighted by Gasteiger charge is 2.08. The van der Waals surface area contributed by atoms with Crippen LogP contribution in [-0.2, 0) is 0 Å². The minimum absolute atomic E-state index is 0.480. The molecule has 18 heavy (non-hydrogen) atoms. The van der Waals surface area contributed by atoms with Crippen LogP contribution >= 0.6 is 11.6 Å². The molecule has 1 aromatic rings. The molecule has 0 amide bonds. The molecular weight excluding hydrogens is 244 g/mol. The van der Waals surface area contributed by atoms with Crippen LogP contribution < -0.4 is 10.2 Å². The van der Waals surface area contributed by atoms with Gasteiger partial charge in [-0.15, -0.1) is 0 Å². The number of benzene rings is 1. The lowest BCUT2D eigenvalue weighted by Crippen LogP contribution is -2.18. The van der Waals surface area contributed by atoms with E-state index in [1.807, 2.05) is 12.1 Å². The third-order valence-corrected chi connectivity index (χ3v) is 3.32. The number of nitrogens with zero attached hydrogens (tertiary/aromatic N) is 1. The molecular formula is C15H25ClN2. The molecule has 0 saturated carbocycles. The standard InChI is InChI=1S/C15H25ClN2/c1-5-6-7-8-12(2)17-14-11-13(16)9-10-15(14)18(3)4/h9-12,17H,5-8H2,1-4H3. The van der Waals surface area contributed by atoms with Crippen LogP contribution in [0.1, 0.15) is 39.5 Å². The largest absolute Gasteiger partial charge is 0.381 e. The van der Waals surface area contributed by atoms with Crippen LogP contribution in [0.15, 0.2) is 18.2 Å². The maximum Gasteiger partial charge on any atom is 0.0597 e. The molecule has 102 valence electrons. The van der Waals surface area contributed by atoms with E-state index in [2.05, 4.69) is 44.2 Å². The summed E-state index contributed by atoms with van der Waals surface area (Å²) in [5.41, 5.74) is 2.30. The van der Waals surface area contributed by atoms with Crippen molar-refractivity contribution in [2.45, 2.75) is 45.6 Å². The molecule has 0 aliphatic carbocycles. The Hall–Kier alpha value is -0.890. The highest BCUT2D eigenvalue weighted by Crippen LogP contribution is 2.28. The predicted octanol–water partition coefficient (Wildman–Crippen LogP) is 4.79. The maximum absolute atomic E-state index is 6.07. The summed E-state index contributed by atoms with van der Waals surface area (Å²) >= 11 is 6.07. The lowest BCUT2D eigenvalue weighted by Gasteiger charge is -2.22. The van der Waals surface area contributed by atoms with Gasteiger partial charge in [-0.2, -0.15) is 0 Å². The van der Waals surface area contributed by atoms with Gasteiger partial charge in [-0.25, -0.2) is 0 Å². The van der Waals surface area contributed by atoms with Crippen molar-refractivity contribution in [1.29, 1.82) is 0 Å². The number of halogens is 1. The van der Waals surface area contributed by atoms with Crippen molar-refractivity contribution in [3.63, 3.8) is 0 Å². The van der Waals surface area contributed by atoms with Crippen molar-refractivity contribution in [3.8, 4) is 0 Å². The molecule has 0 aromatic heterocycles. The van der Waals surface area contributed by atoms with Crippen LogP contribution in [0.5, 0.6) is 0 Å². The highest BCUT2D eigenvalue weighted by molar-refractivity contribution is 6.31. The van der Waals surface area contributed by atoms with Gasteiger partial charge in [0.25, 0.3) is 0 Å². The first-order chi connectivity index (χ1) is 8.54. The summed E-state index contributed by atoms with van der Waals surface area (Å²) in [5.74, 6) is 0. The predicted molar refractivity (Wildman–Crippen MR) is 83.0 cm³/mol. The Labute approximate surface area is 116 Å². The normalized spacial score (nSPS) is 12.3. The molecule has 0 bridgehead atoms. The molecule has 1 atom stereocenters. The molecule has 1 aromatic carbocycles. The average molecular weight is 269 g/mol. The molecule has 0 radical (unpaired) electrons. The van der Waals surface area contributed by atoms with Gasteiger partial charge in [0.05, 0.1) is 11.4 Å². The molecule has 1 N–H and O–H groups in total. The Morgan fingerprint density at radius 2 is 2.00 bits per heavy atom. The van der Waals surface area contributed by atoms with Crippen molar-refractivity contribution >= 4 is 23.0 Å². The van der Waals surface area contributed by atoms with Crippen LogP contribution in [0.2, 0.25) is 5.02 Å². The quantitative estimate of drug-likeness (QED) is 0.716. The van der Waals surface area contributed by atoms with E-state index in [9.17, 15) is 0 Å². The number of nitrogens with one attached hydrogen (secondary N) is 1. The summed E-state index contributed by atoms with van der Waals surface area (Å²) in [6.45, 7) is 4.47. The Bertz CT molecular complexity index is 364. The first kappa shape index (κ1) is 15.2. The Kier molecular flexibility index (Phi) is 6.34. The summed E-state index contributed by atoms with van der Waals surface area (Å²) in [6, 6.07) is 6.48. The van der Waals surface area contributed by atoms with Crippen molar-refractivity contribution in [1.82, 2.24) is 0 Å². The fourth-order valence-electron chi connectivity index (χ4n) is 2.05. The second-order valence-electron chi connectivity index (χ2n) is 5.10. The number of hydrogen-bond donors (Lipinski definition) is 1. The van der Waals surface area contributed by atoms with Crippen LogP contribution in [0.4, 0.5) is 11.4 Å². The fourth-order valence-corrected chi connectivity index (χ4v) is 2.22. The molecule has 0 heterocycles. The summed E-state index contributed by atoms with van der Waals surface area (Å²) in [7, 11) is 4.10. The van der Waals surface area contributed by atoms with E-state index in [1.165, 1.54) is 31.4 Å². The maximum atomic E-state index is 6.07. The van der Waals surface area contributed by atoms with Crippen molar-refractivity contribution < 1.29 is 0 Å². The van der Waals surface area contributed by atoms with Crippen LogP contribution in [0.3, 0.4) is 0 Å². The molecule has 0 spiro atoms. The first-order valence-corrected chi connectivity index (χ1v) is 7.15. The van der Waals surface area contributed by atoms with Crippen molar-refractivity contribution in [3.05, 3.63) is 23.2 Å². The third kappa shape index (κ3) is 4.77. The molecule has 1 unspecified atom stereocenters. The van der Waals surface area contributed by atoms with Gasteiger partial charge < -0.3 is 10.2 Å². The van der Waals surface area contributed by atoms with Gasteiger partial charge in [-0.3, -0.25) is 0 Å².